The zero-order valence-corrected chi connectivity index (χ0v) is 11.2. The predicted octanol–water partition coefficient (Wildman–Crippen LogP) is 3.25. The number of hydrogen-bond donors (Lipinski definition) is 1. The van der Waals surface area contributed by atoms with Crippen LogP contribution in [0.25, 0.3) is 0 Å². The fourth-order valence-corrected chi connectivity index (χ4v) is 2.59. The van der Waals surface area contributed by atoms with E-state index in [-0.39, 0.29) is 5.69 Å². The zero-order chi connectivity index (χ0) is 15.0. The molecule has 0 aliphatic carbocycles. The van der Waals surface area contributed by atoms with Crippen molar-refractivity contribution in [2.45, 2.75) is 19.1 Å². The van der Waals surface area contributed by atoms with Gasteiger partial charge >= 0.3 is 6.18 Å². The monoisotopic (exact) mass is 293 g/mol. The SMILES string of the molecule is Nc1cnc(C(F)(F)F)cc1N1CCc2ccccc2C1. The molecule has 6 heteroatoms. The summed E-state index contributed by atoms with van der Waals surface area (Å²) in [6, 6.07) is 8.97. The second kappa shape index (κ2) is 4.95. The van der Waals surface area contributed by atoms with E-state index in [1.54, 1.807) is 0 Å². The van der Waals surface area contributed by atoms with Crippen LogP contribution < -0.4 is 10.6 Å². The van der Waals surface area contributed by atoms with E-state index < -0.39 is 11.9 Å². The molecule has 21 heavy (non-hydrogen) atoms. The molecule has 110 valence electrons. The Labute approximate surface area is 120 Å². The fraction of sp³-hybridized carbons (Fsp3) is 0.267. The van der Waals surface area contributed by atoms with Gasteiger partial charge in [0, 0.05) is 13.1 Å². The number of nitrogens with zero attached hydrogens (tertiary/aromatic N) is 2. The highest BCUT2D eigenvalue weighted by atomic mass is 19.4. The van der Waals surface area contributed by atoms with Gasteiger partial charge in [0.1, 0.15) is 5.69 Å². The Bertz CT molecular complexity index is 667. The van der Waals surface area contributed by atoms with Crippen LogP contribution in [0, 0.1) is 0 Å². The van der Waals surface area contributed by atoms with Crippen molar-refractivity contribution in [2.75, 3.05) is 17.2 Å². The lowest BCUT2D eigenvalue weighted by Gasteiger charge is -2.31. The van der Waals surface area contributed by atoms with Gasteiger partial charge in [-0.15, -0.1) is 0 Å². The first kappa shape index (κ1) is 13.7. The van der Waals surface area contributed by atoms with Crippen molar-refractivity contribution < 1.29 is 13.2 Å². The van der Waals surface area contributed by atoms with E-state index in [0.717, 1.165) is 24.2 Å². The van der Waals surface area contributed by atoms with Crippen LogP contribution in [0.4, 0.5) is 24.5 Å². The van der Waals surface area contributed by atoms with E-state index in [1.165, 1.54) is 5.56 Å². The number of nitrogens with two attached hydrogens (primary N) is 1. The number of anilines is 2. The molecule has 3 nitrogen and oxygen atoms in total. The number of alkyl halides is 3. The number of aromatic nitrogens is 1. The molecule has 0 bridgehead atoms. The van der Waals surface area contributed by atoms with Gasteiger partial charge in [-0.2, -0.15) is 13.2 Å². The van der Waals surface area contributed by atoms with E-state index in [9.17, 15) is 13.2 Å². The molecular weight excluding hydrogens is 279 g/mol. The molecular formula is C15H14F3N3. The molecule has 0 saturated heterocycles. The van der Waals surface area contributed by atoms with Gasteiger partial charge in [0.25, 0.3) is 0 Å². The van der Waals surface area contributed by atoms with Crippen LogP contribution in [-0.2, 0) is 19.1 Å². The largest absolute Gasteiger partial charge is 0.433 e. The number of nitrogen functional groups attached to an aromatic ring is 1. The highest BCUT2D eigenvalue weighted by Gasteiger charge is 2.33. The van der Waals surface area contributed by atoms with Gasteiger partial charge in [0.15, 0.2) is 0 Å². The van der Waals surface area contributed by atoms with Gasteiger partial charge < -0.3 is 10.6 Å². The summed E-state index contributed by atoms with van der Waals surface area (Å²) in [7, 11) is 0. The van der Waals surface area contributed by atoms with Gasteiger partial charge in [0.05, 0.1) is 17.6 Å². The van der Waals surface area contributed by atoms with Crippen molar-refractivity contribution in [3.8, 4) is 0 Å². The average molecular weight is 293 g/mol. The van der Waals surface area contributed by atoms with Crippen molar-refractivity contribution >= 4 is 11.4 Å². The number of benzene rings is 1. The quantitative estimate of drug-likeness (QED) is 0.877. The predicted molar refractivity (Wildman–Crippen MR) is 74.8 cm³/mol. The maximum atomic E-state index is 12.8. The minimum Gasteiger partial charge on any atom is -0.396 e. The summed E-state index contributed by atoms with van der Waals surface area (Å²) < 4.78 is 38.4. The summed E-state index contributed by atoms with van der Waals surface area (Å²) >= 11 is 0. The van der Waals surface area contributed by atoms with E-state index in [2.05, 4.69) is 4.98 Å². The Kier molecular flexibility index (Phi) is 3.23. The number of pyridine rings is 1. The van der Waals surface area contributed by atoms with Gasteiger partial charge in [-0.3, -0.25) is 0 Å². The lowest BCUT2D eigenvalue weighted by atomic mass is 9.99. The number of rotatable bonds is 1. The Morgan fingerprint density at radius 3 is 2.57 bits per heavy atom. The van der Waals surface area contributed by atoms with E-state index in [4.69, 9.17) is 5.73 Å². The molecule has 1 aromatic carbocycles. The van der Waals surface area contributed by atoms with Crippen molar-refractivity contribution in [1.29, 1.82) is 0 Å². The molecule has 2 aromatic rings. The molecule has 1 aromatic heterocycles. The first-order valence-corrected chi connectivity index (χ1v) is 6.59. The van der Waals surface area contributed by atoms with Crippen molar-refractivity contribution in [3.63, 3.8) is 0 Å². The number of fused-ring (bicyclic) bond motifs is 1. The molecule has 0 atom stereocenters. The minimum absolute atomic E-state index is 0.266. The lowest BCUT2D eigenvalue weighted by Crippen LogP contribution is -2.31. The Balaban J connectivity index is 1.95. The van der Waals surface area contributed by atoms with Crippen LogP contribution >= 0.6 is 0 Å². The Hall–Kier alpha value is -2.24. The Morgan fingerprint density at radius 2 is 1.86 bits per heavy atom. The minimum atomic E-state index is -4.46. The van der Waals surface area contributed by atoms with Crippen LogP contribution in [0.15, 0.2) is 36.5 Å². The summed E-state index contributed by atoms with van der Waals surface area (Å²) in [6.07, 6.45) is -2.59. The van der Waals surface area contributed by atoms with E-state index in [0.29, 0.717) is 18.8 Å². The molecule has 3 rings (SSSR count). The van der Waals surface area contributed by atoms with Gasteiger partial charge in [-0.05, 0) is 23.6 Å². The highest BCUT2D eigenvalue weighted by Crippen LogP contribution is 2.34. The Morgan fingerprint density at radius 1 is 1.14 bits per heavy atom. The molecule has 0 saturated carbocycles. The maximum absolute atomic E-state index is 12.8. The molecule has 2 N–H and O–H groups in total. The second-order valence-electron chi connectivity index (χ2n) is 5.07. The van der Waals surface area contributed by atoms with Crippen molar-refractivity contribution in [3.05, 3.63) is 53.3 Å². The van der Waals surface area contributed by atoms with Crippen molar-refractivity contribution in [1.82, 2.24) is 4.98 Å². The molecule has 2 heterocycles. The van der Waals surface area contributed by atoms with E-state index >= 15 is 0 Å². The molecule has 1 aliphatic rings. The fourth-order valence-electron chi connectivity index (χ4n) is 2.59. The first-order chi connectivity index (χ1) is 9.95. The third kappa shape index (κ3) is 2.66. The van der Waals surface area contributed by atoms with Crippen LogP contribution in [0.1, 0.15) is 16.8 Å². The first-order valence-electron chi connectivity index (χ1n) is 6.59. The standard InChI is InChI=1S/C15H14F3N3/c16-15(17,18)14-7-13(12(19)8-20-14)21-6-5-10-3-1-2-4-11(10)9-21/h1-4,7-8H,5-6,9,19H2. The number of halogens is 3. The summed E-state index contributed by atoms with van der Waals surface area (Å²) in [4.78, 5) is 5.24. The van der Waals surface area contributed by atoms with Crippen LogP contribution in [0.3, 0.4) is 0 Å². The maximum Gasteiger partial charge on any atom is 0.433 e. The van der Waals surface area contributed by atoms with Gasteiger partial charge in [0.2, 0.25) is 0 Å². The third-order valence-electron chi connectivity index (χ3n) is 3.67. The van der Waals surface area contributed by atoms with Crippen LogP contribution in [0.5, 0.6) is 0 Å². The second-order valence-corrected chi connectivity index (χ2v) is 5.07. The lowest BCUT2D eigenvalue weighted by molar-refractivity contribution is -0.141. The van der Waals surface area contributed by atoms with Crippen LogP contribution in [0.2, 0.25) is 0 Å². The summed E-state index contributed by atoms with van der Waals surface area (Å²) in [6.45, 7) is 1.20. The smallest absolute Gasteiger partial charge is 0.396 e. The zero-order valence-electron chi connectivity index (χ0n) is 11.2. The third-order valence-corrected chi connectivity index (χ3v) is 3.67. The topological polar surface area (TPSA) is 42.1 Å². The molecule has 0 spiro atoms. The average Bonchev–Trinajstić information content (AvgIpc) is 2.46. The summed E-state index contributed by atoms with van der Waals surface area (Å²) in [5.74, 6) is 0. The normalized spacial score (nSPS) is 14.9. The molecule has 0 amide bonds. The van der Waals surface area contributed by atoms with E-state index in [1.807, 2.05) is 29.2 Å². The van der Waals surface area contributed by atoms with Gasteiger partial charge in [-0.25, -0.2) is 4.98 Å². The van der Waals surface area contributed by atoms with Crippen molar-refractivity contribution in [2.24, 2.45) is 0 Å². The van der Waals surface area contributed by atoms with Crippen LogP contribution in [-0.4, -0.2) is 11.5 Å². The molecule has 0 radical (unpaired) electrons. The summed E-state index contributed by atoms with van der Waals surface area (Å²) in [5, 5.41) is 0. The molecule has 0 unspecified atom stereocenters. The summed E-state index contributed by atoms with van der Waals surface area (Å²) in [5.41, 5.74) is 7.91. The number of hydrogen-bond acceptors (Lipinski definition) is 3. The molecule has 1 aliphatic heterocycles. The highest BCUT2D eigenvalue weighted by molar-refractivity contribution is 5.67. The molecule has 0 fully saturated rings. The van der Waals surface area contributed by atoms with Gasteiger partial charge in [-0.1, -0.05) is 24.3 Å².